The Morgan fingerprint density at radius 1 is 1.31 bits per heavy atom. The van der Waals surface area contributed by atoms with Crippen LogP contribution in [0.15, 0.2) is 23.8 Å². The van der Waals surface area contributed by atoms with Crippen LogP contribution in [0.25, 0.3) is 0 Å². The van der Waals surface area contributed by atoms with Gasteiger partial charge in [-0.3, -0.25) is 9.59 Å². The summed E-state index contributed by atoms with van der Waals surface area (Å²) in [5.41, 5.74) is 1.21. The van der Waals surface area contributed by atoms with E-state index in [1.165, 1.54) is 5.57 Å². The molecule has 0 bridgehead atoms. The second-order valence-electron chi connectivity index (χ2n) is 9.65. The molecule has 178 valence electrons. The third kappa shape index (κ3) is 5.90. The van der Waals surface area contributed by atoms with Gasteiger partial charge in [0.2, 0.25) is 0 Å². The lowest BCUT2D eigenvalue weighted by Crippen LogP contribution is -2.42. The molecule has 0 aromatic heterocycles. The summed E-state index contributed by atoms with van der Waals surface area (Å²) in [4.78, 5) is 39.8. The van der Waals surface area contributed by atoms with Crippen molar-refractivity contribution in [1.82, 2.24) is 0 Å². The Balaban J connectivity index is 1.72. The highest BCUT2D eigenvalue weighted by Gasteiger charge is 2.42. The monoisotopic (exact) mass is 449 g/mol. The maximum absolute atomic E-state index is 12.6. The number of nitrogens with zero attached hydrogens (tertiary/aromatic N) is 1. The van der Waals surface area contributed by atoms with E-state index in [2.05, 4.69) is 36.9 Å². The molecule has 0 spiro atoms. The lowest BCUT2D eigenvalue weighted by Gasteiger charge is -2.43. The molecule has 8 heteroatoms. The lowest BCUT2D eigenvalue weighted by atomic mass is 9.65. The second-order valence-corrected chi connectivity index (χ2v) is 9.65. The van der Waals surface area contributed by atoms with E-state index >= 15 is 0 Å². The van der Waals surface area contributed by atoms with Crippen LogP contribution in [-0.4, -0.2) is 35.3 Å². The van der Waals surface area contributed by atoms with E-state index in [4.69, 9.17) is 9.47 Å². The summed E-state index contributed by atoms with van der Waals surface area (Å²) in [5, 5.41) is 9.84. The summed E-state index contributed by atoms with van der Waals surface area (Å²) in [5.74, 6) is 0.197. The molecule has 0 aromatic carbocycles. The van der Waals surface area contributed by atoms with Crippen LogP contribution in [0.3, 0.4) is 0 Å². The molecule has 0 unspecified atom stereocenters. The maximum atomic E-state index is 12.6. The van der Waals surface area contributed by atoms with Gasteiger partial charge in [-0.05, 0) is 49.0 Å². The van der Waals surface area contributed by atoms with Gasteiger partial charge in [0.15, 0.2) is 0 Å². The van der Waals surface area contributed by atoms with Crippen LogP contribution in [0.5, 0.6) is 0 Å². The molecular formula is C24H35NO7. The molecule has 8 nitrogen and oxygen atoms in total. The van der Waals surface area contributed by atoms with Crippen molar-refractivity contribution >= 4 is 11.9 Å². The highest BCUT2D eigenvalue weighted by molar-refractivity contribution is 5.72. The predicted molar refractivity (Wildman–Crippen MR) is 117 cm³/mol. The third-order valence-electron chi connectivity index (χ3n) is 7.15. The van der Waals surface area contributed by atoms with Gasteiger partial charge >= 0.3 is 11.9 Å². The topological polar surface area (TPSA) is 105 Å². The Labute approximate surface area is 189 Å². The van der Waals surface area contributed by atoms with Crippen LogP contribution in [0.1, 0.15) is 66.2 Å². The number of fused-ring (bicyclic) bond motifs is 1. The van der Waals surface area contributed by atoms with Crippen molar-refractivity contribution in [2.24, 2.45) is 29.6 Å². The molecule has 1 heterocycles. The van der Waals surface area contributed by atoms with Crippen LogP contribution < -0.4 is 0 Å². The number of allylic oxidation sites excluding steroid dienone is 3. The van der Waals surface area contributed by atoms with Crippen molar-refractivity contribution in [1.29, 1.82) is 0 Å². The van der Waals surface area contributed by atoms with Gasteiger partial charge in [0.25, 0.3) is 5.09 Å². The zero-order chi connectivity index (χ0) is 23.4. The highest BCUT2D eigenvalue weighted by Crippen LogP contribution is 2.45. The first-order valence-electron chi connectivity index (χ1n) is 11.8. The van der Waals surface area contributed by atoms with Gasteiger partial charge in [-0.25, -0.2) is 0 Å². The Morgan fingerprint density at radius 2 is 2.06 bits per heavy atom. The molecule has 0 aromatic rings. The Kier molecular flexibility index (Phi) is 7.96. The van der Waals surface area contributed by atoms with Gasteiger partial charge in [0.1, 0.15) is 18.3 Å². The van der Waals surface area contributed by atoms with Gasteiger partial charge in [-0.1, -0.05) is 45.9 Å². The van der Waals surface area contributed by atoms with E-state index in [0.717, 1.165) is 19.3 Å². The molecule has 0 N–H and O–H groups in total. The zero-order valence-corrected chi connectivity index (χ0v) is 19.4. The summed E-state index contributed by atoms with van der Waals surface area (Å²) in [6.07, 6.45) is 8.42. The largest absolute Gasteiger partial charge is 0.462 e. The fourth-order valence-electron chi connectivity index (χ4n) is 5.26. The van der Waals surface area contributed by atoms with Gasteiger partial charge in [0.05, 0.1) is 12.3 Å². The predicted octanol–water partition coefficient (Wildman–Crippen LogP) is 4.41. The number of ether oxygens (including phenoxy) is 2. The van der Waals surface area contributed by atoms with Crippen LogP contribution in [0.2, 0.25) is 0 Å². The molecule has 8 atom stereocenters. The summed E-state index contributed by atoms with van der Waals surface area (Å²) in [7, 11) is 0. The maximum Gasteiger partial charge on any atom is 0.308 e. The number of cyclic esters (lactones) is 1. The van der Waals surface area contributed by atoms with Gasteiger partial charge in [0, 0.05) is 12.3 Å². The number of hydrogen-bond donors (Lipinski definition) is 0. The Hall–Kier alpha value is -2.38. The normalized spacial score (nSPS) is 35.2. The zero-order valence-electron chi connectivity index (χ0n) is 19.4. The van der Waals surface area contributed by atoms with Gasteiger partial charge in [-0.2, -0.15) is 0 Å². The Morgan fingerprint density at radius 3 is 2.75 bits per heavy atom. The quantitative estimate of drug-likeness (QED) is 0.307. The van der Waals surface area contributed by atoms with Crippen molar-refractivity contribution in [3.63, 3.8) is 0 Å². The number of carbonyl (C=O) groups excluding carboxylic acids is 2. The lowest BCUT2D eigenvalue weighted by molar-refractivity contribution is -0.769. The number of hydrogen-bond acceptors (Lipinski definition) is 7. The SMILES string of the molecule is CC[C@H](C)C(=O)O[C@H]1C[C@@H](C)C=C2C=C[C@H](C)[C@H](CC[C@@H]3C[C@@H](O[N+](=O)[O-])CC(=O)O3)[C@H]21. The summed E-state index contributed by atoms with van der Waals surface area (Å²) in [6, 6.07) is 0. The molecule has 2 aliphatic carbocycles. The highest BCUT2D eigenvalue weighted by atomic mass is 17.0. The van der Waals surface area contributed by atoms with E-state index in [1.807, 2.05) is 13.8 Å². The molecule has 0 radical (unpaired) electrons. The first-order valence-corrected chi connectivity index (χ1v) is 11.8. The smallest absolute Gasteiger partial charge is 0.308 e. The van der Waals surface area contributed by atoms with Crippen LogP contribution >= 0.6 is 0 Å². The molecule has 1 saturated heterocycles. The van der Waals surface area contributed by atoms with E-state index in [1.54, 1.807) is 0 Å². The molecule has 0 amide bonds. The molecule has 0 saturated carbocycles. The molecular weight excluding hydrogens is 414 g/mol. The minimum atomic E-state index is -0.842. The van der Waals surface area contributed by atoms with Crippen molar-refractivity contribution in [3.05, 3.63) is 33.9 Å². The van der Waals surface area contributed by atoms with E-state index in [9.17, 15) is 19.7 Å². The van der Waals surface area contributed by atoms with Crippen LogP contribution in [0, 0.1) is 39.7 Å². The van der Waals surface area contributed by atoms with Gasteiger partial charge in [-0.15, -0.1) is 10.1 Å². The fourth-order valence-corrected chi connectivity index (χ4v) is 5.26. The number of carbonyl (C=O) groups is 2. The van der Waals surface area contributed by atoms with E-state index < -0.39 is 23.3 Å². The number of rotatable bonds is 8. The number of esters is 2. The van der Waals surface area contributed by atoms with Crippen molar-refractivity contribution in [2.45, 2.75) is 84.5 Å². The van der Waals surface area contributed by atoms with E-state index in [0.29, 0.717) is 18.8 Å². The van der Waals surface area contributed by atoms with Crippen molar-refractivity contribution in [2.75, 3.05) is 0 Å². The molecule has 3 aliphatic rings. The van der Waals surface area contributed by atoms with Crippen molar-refractivity contribution < 1.29 is 29.0 Å². The van der Waals surface area contributed by atoms with Crippen LogP contribution in [-0.2, 0) is 23.9 Å². The molecule has 32 heavy (non-hydrogen) atoms. The average molecular weight is 450 g/mol. The minimum Gasteiger partial charge on any atom is -0.462 e. The summed E-state index contributed by atoms with van der Waals surface area (Å²) < 4.78 is 11.5. The molecule has 1 aliphatic heterocycles. The summed E-state index contributed by atoms with van der Waals surface area (Å²) >= 11 is 0. The van der Waals surface area contributed by atoms with E-state index in [-0.39, 0.29) is 42.2 Å². The third-order valence-corrected chi connectivity index (χ3v) is 7.15. The fraction of sp³-hybridized carbons (Fsp3) is 0.750. The second kappa shape index (κ2) is 10.5. The Bertz CT molecular complexity index is 774. The minimum absolute atomic E-state index is 0.0961. The standard InChI is InChI=1S/C24H35NO7/c1-5-15(3)24(27)31-21-11-14(2)10-17-7-6-16(4)20(23(17)21)9-8-18-12-19(32-25(28)29)13-22(26)30-18/h6-7,10,14-16,18-21,23H,5,8-9,11-13H2,1-4H3/t14-,15-,16-,18+,19+,20-,21-,23-/m0/s1. The molecule has 3 rings (SSSR count). The summed E-state index contributed by atoms with van der Waals surface area (Å²) in [6.45, 7) is 8.18. The van der Waals surface area contributed by atoms with Crippen molar-refractivity contribution in [3.8, 4) is 0 Å². The average Bonchev–Trinajstić information content (AvgIpc) is 2.71. The molecule has 1 fully saturated rings. The first-order chi connectivity index (χ1) is 15.2. The first kappa shape index (κ1) is 24.3. The van der Waals surface area contributed by atoms with Crippen LogP contribution in [0.4, 0.5) is 0 Å². The van der Waals surface area contributed by atoms with Gasteiger partial charge < -0.3 is 14.3 Å².